The fraction of sp³-hybridized carbons (Fsp3) is 0.462. The monoisotopic (exact) mass is 346 g/mol. The molecule has 0 aromatic heterocycles. The van der Waals surface area contributed by atoms with Crippen molar-refractivity contribution in [1.82, 2.24) is 0 Å². The molecular weight excluding hydrogens is 332 g/mol. The van der Waals surface area contributed by atoms with Crippen LogP contribution in [0.15, 0.2) is 16.6 Å². The van der Waals surface area contributed by atoms with Gasteiger partial charge in [0.25, 0.3) is 0 Å². The van der Waals surface area contributed by atoms with Gasteiger partial charge in [-0.25, -0.2) is 4.79 Å². The third kappa shape index (κ3) is 3.41. The van der Waals surface area contributed by atoms with Gasteiger partial charge in [-0.3, -0.25) is 0 Å². The number of hydrogen-bond donors (Lipinski definition) is 2. The molecule has 2 rings (SSSR count). The van der Waals surface area contributed by atoms with Gasteiger partial charge in [0.2, 0.25) is 0 Å². The lowest BCUT2D eigenvalue weighted by Gasteiger charge is -2.22. The van der Waals surface area contributed by atoms with Gasteiger partial charge in [-0.1, -0.05) is 0 Å². The largest absolute Gasteiger partial charge is 0.486 e. The number of halogens is 1. The molecular formula is C13H15BrO6. The maximum atomic E-state index is 11.3. The number of hydrogen-bond acceptors (Lipinski definition) is 5. The van der Waals surface area contributed by atoms with E-state index in [4.69, 9.17) is 19.3 Å². The van der Waals surface area contributed by atoms with E-state index in [9.17, 15) is 9.90 Å². The Morgan fingerprint density at radius 1 is 1.40 bits per heavy atom. The summed E-state index contributed by atoms with van der Waals surface area (Å²) in [6.45, 7) is 1.00. The smallest absolute Gasteiger partial charge is 0.337 e. The highest BCUT2D eigenvalue weighted by Gasteiger charge is 2.25. The zero-order valence-corrected chi connectivity index (χ0v) is 12.3. The maximum Gasteiger partial charge on any atom is 0.337 e. The molecule has 0 saturated heterocycles. The number of aliphatic hydroxyl groups is 1. The van der Waals surface area contributed by atoms with E-state index in [1.807, 2.05) is 0 Å². The molecule has 0 aliphatic carbocycles. The molecule has 1 aliphatic rings. The summed E-state index contributed by atoms with van der Waals surface area (Å²) in [6, 6.07) is 3.25. The lowest BCUT2D eigenvalue weighted by Crippen LogP contribution is -2.19. The summed E-state index contributed by atoms with van der Waals surface area (Å²) in [4.78, 5) is 11.3. The zero-order chi connectivity index (χ0) is 14.5. The Balaban J connectivity index is 2.24. The van der Waals surface area contributed by atoms with Crippen LogP contribution in [0.5, 0.6) is 11.5 Å². The van der Waals surface area contributed by atoms with Gasteiger partial charge in [0, 0.05) is 6.61 Å². The van der Waals surface area contributed by atoms with Crippen LogP contribution < -0.4 is 9.47 Å². The van der Waals surface area contributed by atoms with Gasteiger partial charge in [0.15, 0.2) is 17.6 Å². The number of carbonyl (C=O) groups is 1. The minimum absolute atomic E-state index is 0.0445. The van der Waals surface area contributed by atoms with Crippen LogP contribution in [0.25, 0.3) is 0 Å². The van der Waals surface area contributed by atoms with Crippen LogP contribution >= 0.6 is 15.9 Å². The maximum absolute atomic E-state index is 11.3. The minimum atomic E-state index is -1.10. The fourth-order valence-corrected chi connectivity index (χ4v) is 2.43. The first-order chi connectivity index (χ1) is 9.63. The Bertz CT molecular complexity index is 490. The van der Waals surface area contributed by atoms with Crippen molar-refractivity contribution < 1.29 is 29.2 Å². The van der Waals surface area contributed by atoms with Crippen LogP contribution in [0.1, 0.15) is 18.1 Å². The van der Waals surface area contributed by atoms with Crippen molar-refractivity contribution in [2.75, 3.05) is 26.4 Å². The molecule has 110 valence electrons. The van der Waals surface area contributed by atoms with E-state index in [1.54, 1.807) is 12.1 Å². The average Bonchev–Trinajstić information content (AvgIpc) is 2.43. The lowest BCUT2D eigenvalue weighted by atomic mass is 10.1. The molecule has 0 bridgehead atoms. The summed E-state index contributed by atoms with van der Waals surface area (Å²) in [6.07, 6.45) is -0.719. The van der Waals surface area contributed by atoms with E-state index in [0.717, 1.165) is 0 Å². The lowest BCUT2D eigenvalue weighted by molar-refractivity contribution is -0.151. The van der Waals surface area contributed by atoms with E-state index in [0.29, 0.717) is 41.2 Å². The molecule has 0 radical (unpaired) electrons. The average molecular weight is 347 g/mol. The number of aliphatic hydroxyl groups excluding tert-OH is 1. The summed E-state index contributed by atoms with van der Waals surface area (Å²) in [5.41, 5.74) is 0.464. The molecule has 1 unspecified atom stereocenters. The van der Waals surface area contributed by atoms with E-state index >= 15 is 0 Å². The molecule has 0 spiro atoms. The van der Waals surface area contributed by atoms with Crippen molar-refractivity contribution in [2.45, 2.75) is 12.5 Å². The highest BCUT2D eigenvalue weighted by Crippen LogP contribution is 2.40. The Morgan fingerprint density at radius 3 is 2.85 bits per heavy atom. The molecule has 2 N–H and O–H groups in total. The molecule has 6 nitrogen and oxygen atoms in total. The minimum Gasteiger partial charge on any atom is -0.486 e. The van der Waals surface area contributed by atoms with Gasteiger partial charge in [-0.05, 0) is 40.0 Å². The normalized spacial score (nSPS) is 14.9. The first-order valence-electron chi connectivity index (χ1n) is 6.17. The van der Waals surface area contributed by atoms with E-state index in [2.05, 4.69) is 15.9 Å². The van der Waals surface area contributed by atoms with Crippen LogP contribution in [0.4, 0.5) is 0 Å². The quantitative estimate of drug-likeness (QED) is 0.763. The molecule has 0 saturated carbocycles. The fourth-order valence-electron chi connectivity index (χ4n) is 1.86. The van der Waals surface area contributed by atoms with Crippen molar-refractivity contribution in [2.24, 2.45) is 0 Å². The number of carboxylic acids is 1. The number of carboxylic acid groups (broad SMARTS) is 1. The molecule has 1 aromatic carbocycles. The van der Waals surface area contributed by atoms with Crippen LogP contribution in [0, 0.1) is 0 Å². The van der Waals surface area contributed by atoms with Gasteiger partial charge < -0.3 is 24.4 Å². The summed E-state index contributed by atoms with van der Waals surface area (Å²) in [5.74, 6) is -0.0244. The number of aliphatic carboxylic acids is 1. The van der Waals surface area contributed by atoms with Gasteiger partial charge in [0.1, 0.15) is 13.2 Å². The second kappa shape index (κ2) is 6.92. The standard InChI is InChI=1S/C13H15BrO6/c14-9-6-8(7-10-12(9)20-5-4-18-10)11(13(16)17)19-3-1-2-15/h6-7,11,15H,1-5H2,(H,16,17). The Labute approximate surface area is 124 Å². The van der Waals surface area contributed by atoms with Crippen molar-refractivity contribution in [1.29, 1.82) is 0 Å². The summed E-state index contributed by atoms with van der Waals surface area (Å²) in [7, 11) is 0. The van der Waals surface area contributed by atoms with Crippen molar-refractivity contribution in [3.63, 3.8) is 0 Å². The predicted octanol–water partition coefficient (Wildman–Crippen LogP) is 1.74. The van der Waals surface area contributed by atoms with Gasteiger partial charge in [-0.2, -0.15) is 0 Å². The van der Waals surface area contributed by atoms with E-state index < -0.39 is 12.1 Å². The van der Waals surface area contributed by atoms with Crippen LogP contribution in [0.3, 0.4) is 0 Å². The predicted molar refractivity (Wildman–Crippen MR) is 73.2 cm³/mol. The summed E-state index contributed by atoms with van der Waals surface area (Å²) >= 11 is 3.34. The second-order valence-corrected chi connectivity index (χ2v) is 5.05. The van der Waals surface area contributed by atoms with Gasteiger partial charge in [0.05, 0.1) is 11.1 Å². The molecule has 20 heavy (non-hydrogen) atoms. The number of ether oxygens (including phenoxy) is 3. The van der Waals surface area contributed by atoms with Crippen molar-refractivity contribution in [3.8, 4) is 11.5 Å². The van der Waals surface area contributed by atoms with Crippen LogP contribution in [-0.4, -0.2) is 42.6 Å². The number of rotatable bonds is 6. The van der Waals surface area contributed by atoms with Crippen molar-refractivity contribution in [3.05, 3.63) is 22.2 Å². The van der Waals surface area contributed by atoms with Gasteiger partial charge >= 0.3 is 5.97 Å². The Hall–Kier alpha value is -1.31. The highest BCUT2D eigenvalue weighted by molar-refractivity contribution is 9.10. The van der Waals surface area contributed by atoms with Crippen molar-refractivity contribution >= 4 is 21.9 Å². The summed E-state index contributed by atoms with van der Waals surface area (Å²) in [5, 5.41) is 18.0. The van der Waals surface area contributed by atoms with E-state index in [-0.39, 0.29) is 13.2 Å². The Morgan fingerprint density at radius 2 is 2.15 bits per heavy atom. The molecule has 0 amide bonds. The first-order valence-corrected chi connectivity index (χ1v) is 6.97. The van der Waals surface area contributed by atoms with Gasteiger partial charge in [-0.15, -0.1) is 0 Å². The highest BCUT2D eigenvalue weighted by atomic mass is 79.9. The molecule has 1 atom stereocenters. The number of benzene rings is 1. The van der Waals surface area contributed by atoms with Crippen LogP contribution in [0.2, 0.25) is 0 Å². The third-order valence-corrected chi connectivity index (χ3v) is 3.32. The first kappa shape index (κ1) is 15.1. The molecule has 0 fully saturated rings. The third-order valence-electron chi connectivity index (χ3n) is 2.73. The Kier molecular flexibility index (Phi) is 5.22. The molecule has 1 aromatic rings. The molecule has 1 heterocycles. The second-order valence-electron chi connectivity index (χ2n) is 4.19. The SMILES string of the molecule is O=C(O)C(OCCCO)c1cc(Br)c2c(c1)OCCO2. The van der Waals surface area contributed by atoms with Crippen LogP contribution in [-0.2, 0) is 9.53 Å². The van der Waals surface area contributed by atoms with E-state index in [1.165, 1.54) is 0 Å². The molecule has 7 heteroatoms. The molecule has 1 aliphatic heterocycles. The zero-order valence-electron chi connectivity index (χ0n) is 10.7. The topological polar surface area (TPSA) is 85.2 Å². The summed E-state index contributed by atoms with van der Waals surface area (Å²) < 4.78 is 16.8. The number of fused-ring (bicyclic) bond motifs is 1.